The van der Waals surface area contributed by atoms with Crippen LogP contribution in [0.15, 0.2) is 0 Å². The van der Waals surface area contributed by atoms with Crippen LogP contribution in [0.1, 0.15) is 26.2 Å². The second-order valence-electron chi connectivity index (χ2n) is 3.31. The number of epoxide rings is 1. The molecule has 0 spiro atoms. The van der Waals surface area contributed by atoms with Gasteiger partial charge in [-0.2, -0.15) is 0 Å². The molecule has 0 unspecified atom stereocenters. The number of fused-ring (bicyclic) bond motifs is 1. The normalized spacial score (nSPS) is 56.7. The standard InChI is InChI=1S/C7H12O2/c1-7-4-2-3-5(8)6(7)9-7/h5-6,8H,2-4H2,1H3/t5-,6+,7-/m0/s1. The Bertz CT molecular complexity index is 135. The predicted molar refractivity (Wildman–Crippen MR) is 33.1 cm³/mol. The highest BCUT2D eigenvalue weighted by molar-refractivity contribution is 5.05. The van der Waals surface area contributed by atoms with Crippen molar-refractivity contribution in [1.82, 2.24) is 0 Å². The summed E-state index contributed by atoms with van der Waals surface area (Å²) < 4.78 is 5.33. The van der Waals surface area contributed by atoms with Gasteiger partial charge in [-0.05, 0) is 26.2 Å². The lowest BCUT2D eigenvalue weighted by atomic mass is 9.89. The van der Waals surface area contributed by atoms with Crippen LogP contribution in [-0.4, -0.2) is 22.9 Å². The third-order valence-electron chi connectivity index (χ3n) is 2.46. The third-order valence-corrected chi connectivity index (χ3v) is 2.46. The van der Waals surface area contributed by atoms with E-state index in [4.69, 9.17) is 4.74 Å². The molecule has 2 rings (SSSR count). The number of aliphatic hydroxyl groups excluding tert-OH is 1. The maximum absolute atomic E-state index is 9.26. The van der Waals surface area contributed by atoms with Crippen LogP contribution in [0, 0.1) is 0 Å². The molecule has 3 atom stereocenters. The minimum absolute atomic E-state index is 0.0671. The van der Waals surface area contributed by atoms with E-state index >= 15 is 0 Å². The van der Waals surface area contributed by atoms with Crippen LogP contribution in [0.3, 0.4) is 0 Å². The fraction of sp³-hybridized carbons (Fsp3) is 1.00. The van der Waals surface area contributed by atoms with E-state index in [1.165, 1.54) is 0 Å². The molecular weight excluding hydrogens is 116 g/mol. The van der Waals surface area contributed by atoms with Crippen LogP contribution in [0.5, 0.6) is 0 Å². The molecule has 1 aliphatic carbocycles. The van der Waals surface area contributed by atoms with Crippen molar-refractivity contribution >= 4 is 0 Å². The second kappa shape index (κ2) is 1.50. The van der Waals surface area contributed by atoms with Crippen molar-refractivity contribution in [3.05, 3.63) is 0 Å². The minimum atomic E-state index is -0.177. The molecular formula is C7H12O2. The van der Waals surface area contributed by atoms with E-state index in [0.29, 0.717) is 0 Å². The lowest BCUT2D eigenvalue weighted by molar-refractivity contribution is 0.123. The molecule has 1 saturated carbocycles. The van der Waals surface area contributed by atoms with Gasteiger partial charge in [0.05, 0.1) is 11.7 Å². The summed E-state index contributed by atoms with van der Waals surface area (Å²) in [5, 5.41) is 9.26. The van der Waals surface area contributed by atoms with E-state index < -0.39 is 0 Å². The molecule has 1 heterocycles. The molecule has 52 valence electrons. The molecule has 1 N–H and O–H groups in total. The molecule has 1 saturated heterocycles. The van der Waals surface area contributed by atoms with Gasteiger partial charge in [0.1, 0.15) is 6.10 Å². The molecule has 9 heavy (non-hydrogen) atoms. The van der Waals surface area contributed by atoms with Gasteiger partial charge in [0, 0.05) is 0 Å². The number of aliphatic hydroxyl groups is 1. The fourth-order valence-corrected chi connectivity index (χ4v) is 1.76. The fourth-order valence-electron chi connectivity index (χ4n) is 1.76. The Morgan fingerprint density at radius 3 is 3.00 bits per heavy atom. The monoisotopic (exact) mass is 128 g/mol. The minimum Gasteiger partial charge on any atom is -0.390 e. The Labute approximate surface area is 54.8 Å². The Morgan fingerprint density at radius 1 is 1.67 bits per heavy atom. The molecule has 2 heteroatoms. The van der Waals surface area contributed by atoms with Gasteiger partial charge in [-0.25, -0.2) is 0 Å². The molecule has 2 nitrogen and oxygen atoms in total. The molecule has 0 aromatic carbocycles. The zero-order chi connectivity index (χ0) is 6.48. The first kappa shape index (κ1) is 5.69. The number of rotatable bonds is 0. The van der Waals surface area contributed by atoms with Crippen molar-refractivity contribution in [3.63, 3.8) is 0 Å². The zero-order valence-corrected chi connectivity index (χ0v) is 5.63. The lowest BCUT2D eigenvalue weighted by Gasteiger charge is -2.16. The average Bonchev–Trinajstić information content (AvgIpc) is 2.43. The van der Waals surface area contributed by atoms with Crippen LogP contribution < -0.4 is 0 Å². The molecule has 2 aliphatic rings. The predicted octanol–water partition coefficient (Wildman–Crippen LogP) is 0.689. The first-order valence-corrected chi connectivity index (χ1v) is 3.58. The van der Waals surface area contributed by atoms with Gasteiger partial charge in [-0.3, -0.25) is 0 Å². The highest BCUT2D eigenvalue weighted by atomic mass is 16.6. The average molecular weight is 128 g/mol. The van der Waals surface area contributed by atoms with E-state index in [1.54, 1.807) is 0 Å². The molecule has 0 aromatic rings. The summed E-state index contributed by atoms with van der Waals surface area (Å²) in [4.78, 5) is 0. The second-order valence-corrected chi connectivity index (χ2v) is 3.31. The van der Waals surface area contributed by atoms with Crippen LogP contribution in [0.2, 0.25) is 0 Å². The van der Waals surface area contributed by atoms with Crippen LogP contribution in [-0.2, 0) is 4.74 Å². The third kappa shape index (κ3) is 0.700. The summed E-state index contributed by atoms with van der Waals surface area (Å²) in [5.74, 6) is 0. The first-order chi connectivity index (χ1) is 4.22. The molecule has 0 aromatic heterocycles. The lowest BCUT2D eigenvalue weighted by Crippen LogP contribution is -2.27. The van der Waals surface area contributed by atoms with Crippen LogP contribution >= 0.6 is 0 Å². The van der Waals surface area contributed by atoms with Crippen LogP contribution in [0.25, 0.3) is 0 Å². The van der Waals surface area contributed by atoms with Crippen molar-refractivity contribution in [2.24, 2.45) is 0 Å². The van der Waals surface area contributed by atoms with E-state index in [0.717, 1.165) is 19.3 Å². The summed E-state index contributed by atoms with van der Waals surface area (Å²) in [6.07, 6.45) is 3.18. The van der Waals surface area contributed by atoms with Crippen molar-refractivity contribution in [1.29, 1.82) is 0 Å². The Morgan fingerprint density at radius 2 is 2.44 bits per heavy atom. The first-order valence-electron chi connectivity index (χ1n) is 3.58. The molecule has 0 bridgehead atoms. The Hall–Kier alpha value is -0.0800. The van der Waals surface area contributed by atoms with E-state index in [-0.39, 0.29) is 17.8 Å². The van der Waals surface area contributed by atoms with Gasteiger partial charge in [-0.15, -0.1) is 0 Å². The SMILES string of the molecule is C[C@]12CCC[C@H](O)[C@H]1O2. The molecule has 0 amide bonds. The Kier molecular flexibility index (Phi) is 0.945. The maximum Gasteiger partial charge on any atom is 0.113 e. The van der Waals surface area contributed by atoms with Crippen molar-refractivity contribution in [2.45, 2.75) is 44.0 Å². The number of hydrogen-bond donors (Lipinski definition) is 1. The van der Waals surface area contributed by atoms with Gasteiger partial charge in [-0.1, -0.05) is 0 Å². The number of ether oxygens (including phenoxy) is 1. The van der Waals surface area contributed by atoms with Gasteiger partial charge in [0.2, 0.25) is 0 Å². The summed E-state index contributed by atoms with van der Waals surface area (Å²) >= 11 is 0. The van der Waals surface area contributed by atoms with E-state index in [1.807, 2.05) is 0 Å². The topological polar surface area (TPSA) is 32.8 Å². The largest absolute Gasteiger partial charge is 0.390 e. The highest BCUT2D eigenvalue weighted by Gasteiger charge is 2.57. The van der Waals surface area contributed by atoms with Crippen molar-refractivity contribution in [2.75, 3.05) is 0 Å². The van der Waals surface area contributed by atoms with Gasteiger partial charge in [0.15, 0.2) is 0 Å². The van der Waals surface area contributed by atoms with Gasteiger partial charge in [0.25, 0.3) is 0 Å². The summed E-state index contributed by atoms with van der Waals surface area (Å²) in [5.41, 5.74) is 0.0671. The highest BCUT2D eigenvalue weighted by Crippen LogP contribution is 2.47. The summed E-state index contributed by atoms with van der Waals surface area (Å²) in [6, 6.07) is 0. The molecule has 0 radical (unpaired) electrons. The van der Waals surface area contributed by atoms with Gasteiger partial charge < -0.3 is 9.84 Å². The maximum atomic E-state index is 9.26. The smallest absolute Gasteiger partial charge is 0.113 e. The van der Waals surface area contributed by atoms with Crippen LogP contribution in [0.4, 0.5) is 0 Å². The zero-order valence-electron chi connectivity index (χ0n) is 5.63. The van der Waals surface area contributed by atoms with E-state index in [9.17, 15) is 5.11 Å². The summed E-state index contributed by atoms with van der Waals surface area (Å²) in [6.45, 7) is 2.08. The quantitative estimate of drug-likeness (QED) is 0.487. The van der Waals surface area contributed by atoms with E-state index in [2.05, 4.69) is 6.92 Å². The van der Waals surface area contributed by atoms with Gasteiger partial charge >= 0.3 is 0 Å². The van der Waals surface area contributed by atoms with Crippen molar-refractivity contribution < 1.29 is 9.84 Å². The Balaban J connectivity index is 2.07. The molecule has 1 aliphatic heterocycles. The molecule has 2 fully saturated rings. The van der Waals surface area contributed by atoms with Crippen molar-refractivity contribution in [3.8, 4) is 0 Å². The summed E-state index contributed by atoms with van der Waals surface area (Å²) in [7, 11) is 0. The number of hydrogen-bond acceptors (Lipinski definition) is 2.